The van der Waals surface area contributed by atoms with Gasteiger partial charge in [-0.25, -0.2) is 4.39 Å². The highest BCUT2D eigenvalue weighted by molar-refractivity contribution is 7.80. The first kappa shape index (κ1) is 13.3. The summed E-state index contributed by atoms with van der Waals surface area (Å²) in [5.74, 6) is -0.152. The largest absolute Gasteiger partial charge is 0.493 e. The van der Waals surface area contributed by atoms with E-state index in [-0.39, 0.29) is 11.3 Å². The molecule has 90 valence electrons. The monoisotopic (exact) mass is 246 g/mol. The standard InChI is InChI=1S/C11H15FO3S/c1-15-11-7(3-2-4-8(11)12)10(14)9(13)5-6-16/h2-4,9-10,13-14,16H,5-6H2,1H3. The van der Waals surface area contributed by atoms with Crippen LogP contribution >= 0.6 is 12.6 Å². The normalized spacial score (nSPS) is 14.6. The molecule has 1 aromatic carbocycles. The van der Waals surface area contributed by atoms with Crippen molar-refractivity contribution in [1.82, 2.24) is 0 Å². The molecule has 5 heteroatoms. The number of methoxy groups -OCH3 is 1. The lowest BCUT2D eigenvalue weighted by Gasteiger charge is -2.19. The molecule has 0 spiro atoms. The highest BCUT2D eigenvalue weighted by Gasteiger charge is 2.22. The van der Waals surface area contributed by atoms with Crippen LogP contribution in [-0.2, 0) is 0 Å². The summed E-state index contributed by atoms with van der Waals surface area (Å²) in [5.41, 5.74) is 0.247. The minimum atomic E-state index is -1.17. The maximum Gasteiger partial charge on any atom is 0.165 e. The Bertz CT molecular complexity index is 346. The molecule has 1 rings (SSSR count). The number of thiol groups is 1. The highest BCUT2D eigenvalue weighted by Crippen LogP contribution is 2.30. The molecule has 16 heavy (non-hydrogen) atoms. The van der Waals surface area contributed by atoms with Gasteiger partial charge in [0.05, 0.1) is 13.2 Å². The van der Waals surface area contributed by atoms with E-state index in [1.54, 1.807) is 0 Å². The summed E-state index contributed by atoms with van der Waals surface area (Å²) in [5, 5.41) is 19.4. The fourth-order valence-electron chi connectivity index (χ4n) is 1.47. The molecule has 1 aromatic rings. The molecule has 0 saturated carbocycles. The van der Waals surface area contributed by atoms with Crippen LogP contribution in [0.1, 0.15) is 18.1 Å². The summed E-state index contributed by atoms with van der Waals surface area (Å²) in [4.78, 5) is 0. The number of aliphatic hydroxyl groups is 2. The molecular formula is C11H15FO3S. The zero-order valence-corrected chi connectivity index (χ0v) is 9.82. The van der Waals surface area contributed by atoms with Gasteiger partial charge in [-0.3, -0.25) is 0 Å². The van der Waals surface area contributed by atoms with Crippen molar-refractivity contribution in [2.24, 2.45) is 0 Å². The second kappa shape index (κ2) is 6.08. The molecule has 0 aromatic heterocycles. The average molecular weight is 246 g/mol. The maximum absolute atomic E-state index is 13.3. The first-order chi connectivity index (χ1) is 7.61. The van der Waals surface area contributed by atoms with Gasteiger partial charge in [0.15, 0.2) is 11.6 Å². The lowest BCUT2D eigenvalue weighted by atomic mass is 10.0. The summed E-state index contributed by atoms with van der Waals surface area (Å²) in [6, 6.07) is 4.22. The Morgan fingerprint density at radius 2 is 2.12 bits per heavy atom. The van der Waals surface area contributed by atoms with E-state index in [0.717, 1.165) is 0 Å². The fraction of sp³-hybridized carbons (Fsp3) is 0.455. The third kappa shape index (κ3) is 2.87. The van der Waals surface area contributed by atoms with Gasteiger partial charge in [0.1, 0.15) is 6.10 Å². The predicted octanol–water partition coefficient (Wildman–Crippen LogP) is 1.55. The summed E-state index contributed by atoms with van der Waals surface area (Å²) in [6.45, 7) is 0. The zero-order chi connectivity index (χ0) is 12.1. The van der Waals surface area contributed by atoms with E-state index in [9.17, 15) is 14.6 Å². The van der Waals surface area contributed by atoms with Crippen LogP contribution in [0.15, 0.2) is 18.2 Å². The highest BCUT2D eigenvalue weighted by atomic mass is 32.1. The van der Waals surface area contributed by atoms with Gasteiger partial charge in [-0.15, -0.1) is 0 Å². The molecule has 0 bridgehead atoms. The Kier molecular flexibility index (Phi) is 5.05. The van der Waals surface area contributed by atoms with Crippen molar-refractivity contribution in [1.29, 1.82) is 0 Å². The Morgan fingerprint density at radius 3 is 2.69 bits per heavy atom. The first-order valence-electron chi connectivity index (χ1n) is 4.91. The van der Waals surface area contributed by atoms with E-state index in [0.29, 0.717) is 12.2 Å². The number of hydrogen-bond acceptors (Lipinski definition) is 4. The van der Waals surface area contributed by atoms with Crippen LogP contribution in [-0.4, -0.2) is 29.2 Å². The SMILES string of the molecule is COc1c(F)cccc1C(O)C(O)CCS. The lowest BCUT2D eigenvalue weighted by molar-refractivity contribution is 0.0156. The number of benzene rings is 1. The van der Waals surface area contributed by atoms with E-state index < -0.39 is 18.0 Å². The van der Waals surface area contributed by atoms with E-state index in [1.165, 1.54) is 25.3 Å². The van der Waals surface area contributed by atoms with Crippen LogP contribution in [0.3, 0.4) is 0 Å². The predicted molar refractivity (Wildman–Crippen MR) is 62.4 cm³/mol. The topological polar surface area (TPSA) is 49.7 Å². The molecule has 0 aliphatic carbocycles. The molecule has 2 N–H and O–H groups in total. The molecule has 2 unspecified atom stereocenters. The molecule has 0 aliphatic rings. The van der Waals surface area contributed by atoms with Crippen molar-refractivity contribution < 1.29 is 19.3 Å². The van der Waals surface area contributed by atoms with Crippen molar-refractivity contribution in [3.05, 3.63) is 29.6 Å². The van der Waals surface area contributed by atoms with Crippen molar-refractivity contribution in [2.75, 3.05) is 12.9 Å². The molecule has 0 amide bonds. The van der Waals surface area contributed by atoms with Crippen LogP contribution < -0.4 is 4.74 Å². The van der Waals surface area contributed by atoms with Crippen LogP contribution in [0.25, 0.3) is 0 Å². The third-order valence-corrected chi connectivity index (χ3v) is 2.57. The number of ether oxygens (including phenoxy) is 1. The number of rotatable bonds is 5. The Labute approximate surface area is 99.3 Å². The number of para-hydroxylation sites is 1. The Hall–Kier alpha value is -0.780. The van der Waals surface area contributed by atoms with Gasteiger partial charge in [-0.2, -0.15) is 12.6 Å². The quantitative estimate of drug-likeness (QED) is 0.691. The van der Waals surface area contributed by atoms with Crippen LogP contribution in [0.5, 0.6) is 5.75 Å². The maximum atomic E-state index is 13.3. The van der Waals surface area contributed by atoms with E-state index in [4.69, 9.17) is 4.74 Å². The fourth-order valence-corrected chi connectivity index (χ4v) is 1.74. The van der Waals surface area contributed by atoms with Gasteiger partial charge in [-0.05, 0) is 18.2 Å². The number of hydrogen-bond donors (Lipinski definition) is 3. The van der Waals surface area contributed by atoms with Gasteiger partial charge in [-0.1, -0.05) is 12.1 Å². The molecule has 0 aliphatic heterocycles. The minimum absolute atomic E-state index is 0.0341. The molecule has 2 atom stereocenters. The lowest BCUT2D eigenvalue weighted by Crippen LogP contribution is -2.19. The summed E-state index contributed by atoms with van der Waals surface area (Å²) in [7, 11) is 1.32. The van der Waals surface area contributed by atoms with Crippen LogP contribution in [0.4, 0.5) is 4.39 Å². The van der Waals surface area contributed by atoms with Crippen LogP contribution in [0.2, 0.25) is 0 Å². The minimum Gasteiger partial charge on any atom is -0.493 e. The second-order valence-electron chi connectivity index (χ2n) is 3.39. The first-order valence-corrected chi connectivity index (χ1v) is 5.54. The molecule has 0 heterocycles. The number of aliphatic hydroxyl groups excluding tert-OH is 2. The van der Waals surface area contributed by atoms with Crippen molar-refractivity contribution in [2.45, 2.75) is 18.6 Å². The van der Waals surface area contributed by atoms with E-state index in [2.05, 4.69) is 12.6 Å². The molecule has 0 saturated heterocycles. The third-order valence-electron chi connectivity index (χ3n) is 2.31. The molecule has 0 radical (unpaired) electrons. The van der Waals surface area contributed by atoms with Gasteiger partial charge in [0, 0.05) is 5.56 Å². The second-order valence-corrected chi connectivity index (χ2v) is 3.83. The smallest absolute Gasteiger partial charge is 0.165 e. The van der Waals surface area contributed by atoms with Crippen molar-refractivity contribution in [3.63, 3.8) is 0 Å². The summed E-state index contributed by atoms with van der Waals surface area (Å²) < 4.78 is 18.2. The van der Waals surface area contributed by atoms with E-state index >= 15 is 0 Å². The van der Waals surface area contributed by atoms with Gasteiger partial charge < -0.3 is 14.9 Å². The van der Waals surface area contributed by atoms with Gasteiger partial charge >= 0.3 is 0 Å². The van der Waals surface area contributed by atoms with Crippen LogP contribution in [0, 0.1) is 5.82 Å². The average Bonchev–Trinajstić information content (AvgIpc) is 2.28. The number of halogens is 1. The summed E-state index contributed by atoms with van der Waals surface area (Å²) >= 11 is 3.96. The Morgan fingerprint density at radius 1 is 1.44 bits per heavy atom. The van der Waals surface area contributed by atoms with Crippen molar-refractivity contribution >= 4 is 12.6 Å². The van der Waals surface area contributed by atoms with Crippen molar-refractivity contribution in [3.8, 4) is 5.75 Å². The summed E-state index contributed by atoms with van der Waals surface area (Å²) in [6.07, 6.45) is -1.82. The van der Waals surface area contributed by atoms with E-state index in [1.807, 2.05) is 0 Å². The van der Waals surface area contributed by atoms with Gasteiger partial charge in [0.2, 0.25) is 0 Å². The molecule has 0 fully saturated rings. The van der Waals surface area contributed by atoms with Gasteiger partial charge in [0.25, 0.3) is 0 Å². The molecule has 3 nitrogen and oxygen atoms in total. The zero-order valence-electron chi connectivity index (χ0n) is 8.93. The Balaban J connectivity index is 2.98. The molecular weight excluding hydrogens is 231 g/mol.